The topological polar surface area (TPSA) is 34.1 Å². The van der Waals surface area contributed by atoms with Crippen molar-refractivity contribution in [3.8, 4) is 0 Å². The Hall–Kier alpha value is -0.450. The van der Waals surface area contributed by atoms with Crippen molar-refractivity contribution in [3.05, 3.63) is 15.6 Å². The van der Waals surface area contributed by atoms with Crippen molar-refractivity contribution in [1.82, 2.24) is 10.3 Å². The van der Waals surface area contributed by atoms with Crippen LogP contribution < -0.4 is 5.32 Å². The molecule has 120 valence electrons. The molecule has 1 heterocycles. The highest BCUT2D eigenvalue weighted by atomic mass is 32.1. The van der Waals surface area contributed by atoms with Gasteiger partial charge >= 0.3 is 0 Å². The van der Waals surface area contributed by atoms with Crippen molar-refractivity contribution in [2.75, 3.05) is 13.7 Å². The van der Waals surface area contributed by atoms with E-state index < -0.39 is 0 Å². The van der Waals surface area contributed by atoms with Crippen LogP contribution in [0.4, 0.5) is 0 Å². The number of rotatable bonds is 6. The molecule has 1 fully saturated rings. The summed E-state index contributed by atoms with van der Waals surface area (Å²) in [4.78, 5) is 6.34. The van der Waals surface area contributed by atoms with Crippen LogP contribution in [-0.2, 0) is 23.3 Å². The van der Waals surface area contributed by atoms with Crippen LogP contribution in [0.25, 0.3) is 0 Å². The van der Waals surface area contributed by atoms with E-state index in [1.54, 1.807) is 0 Å². The third kappa shape index (κ3) is 3.66. The van der Waals surface area contributed by atoms with Crippen LogP contribution >= 0.6 is 11.3 Å². The molecule has 1 N–H and O–H groups in total. The number of hydrogen-bond donors (Lipinski definition) is 1. The van der Waals surface area contributed by atoms with E-state index in [9.17, 15) is 0 Å². The van der Waals surface area contributed by atoms with Crippen molar-refractivity contribution in [3.63, 3.8) is 0 Å². The normalized spacial score (nSPS) is 20.6. The summed E-state index contributed by atoms with van der Waals surface area (Å²) in [5, 5.41) is 4.47. The zero-order chi connectivity index (χ0) is 15.5. The summed E-state index contributed by atoms with van der Waals surface area (Å²) in [7, 11) is 2.00. The van der Waals surface area contributed by atoms with Crippen molar-refractivity contribution in [2.24, 2.45) is 5.41 Å². The van der Waals surface area contributed by atoms with Gasteiger partial charge in [0.15, 0.2) is 0 Å². The molecule has 2 rings (SSSR count). The molecule has 1 aliphatic carbocycles. The van der Waals surface area contributed by atoms with E-state index >= 15 is 0 Å². The molecule has 1 aromatic rings. The van der Waals surface area contributed by atoms with Crippen LogP contribution in [0.3, 0.4) is 0 Å². The minimum absolute atomic E-state index is 0.134. The second-order valence-corrected chi connectivity index (χ2v) is 7.95. The number of nitrogens with one attached hydrogen (secondary N) is 1. The van der Waals surface area contributed by atoms with E-state index in [0.717, 1.165) is 32.4 Å². The Morgan fingerprint density at radius 2 is 1.86 bits per heavy atom. The van der Waals surface area contributed by atoms with Crippen LogP contribution in [-0.4, -0.2) is 18.6 Å². The SMILES string of the molecule is CCOC1(c2nc(CC)c(CNC)s2)CCC(C)(C)CC1. The van der Waals surface area contributed by atoms with Gasteiger partial charge in [-0.15, -0.1) is 11.3 Å². The fourth-order valence-electron chi connectivity index (χ4n) is 3.18. The van der Waals surface area contributed by atoms with Crippen LogP contribution in [0.2, 0.25) is 0 Å². The molecule has 0 amide bonds. The van der Waals surface area contributed by atoms with Gasteiger partial charge < -0.3 is 10.1 Å². The van der Waals surface area contributed by atoms with Gasteiger partial charge in [-0.1, -0.05) is 20.8 Å². The van der Waals surface area contributed by atoms with Crippen molar-refractivity contribution >= 4 is 11.3 Å². The van der Waals surface area contributed by atoms with E-state index in [0.29, 0.717) is 5.41 Å². The third-order valence-electron chi connectivity index (χ3n) is 4.67. The Labute approximate surface area is 133 Å². The zero-order valence-electron chi connectivity index (χ0n) is 14.2. The first-order chi connectivity index (χ1) is 9.96. The second kappa shape index (κ2) is 6.76. The lowest BCUT2D eigenvalue weighted by atomic mass is 9.71. The second-order valence-electron chi connectivity index (χ2n) is 6.86. The summed E-state index contributed by atoms with van der Waals surface area (Å²) in [5.74, 6) is 0. The van der Waals surface area contributed by atoms with Crippen LogP contribution in [0.1, 0.15) is 69.0 Å². The highest BCUT2D eigenvalue weighted by Gasteiger charge is 2.42. The molecule has 0 bridgehead atoms. The minimum atomic E-state index is -0.134. The fraction of sp³-hybridized carbons (Fsp3) is 0.824. The summed E-state index contributed by atoms with van der Waals surface area (Å²) in [6.45, 7) is 10.7. The molecule has 0 radical (unpaired) electrons. The molecule has 0 aromatic carbocycles. The molecule has 4 heteroatoms. The van der Waals surface area contributed by atoms with E-state index in [1.807, 2.05) is 18.4 Å². The van der Waals surface area contributed by atoms with E-state index in [-0.39, 0.29) is 5.60 Å². The fourth-order valence-corrected chi connectivity index (χ4v) is 4.54. The number of thiazole rings is 1. The maximum Gasteiger partial charge on any atom is 0.125 e. The Bertz CT molecular complexity index is 457. The summed E-state index contributed by atoms with van der Waals surface area (Å²) in [6, 6.07) is 0. The molecule has 0 atom stereocenters. The average molecular weight is 311 g/mol. The van der Waals surface area contributed by atoms with Gasteiger partial charge in [0.2, 0.25) is 0 Å². The summed E-state index contributed by atoms with van der Waals surface area (Å²) in [5.41, 5.74) is 1.55. The lowest BCUT2D eigenvalue weighted by molar-refractivity contribution is -0.0891. The Kier molecular flexibility index (Phi) is 5.44. The molecule has 21 heavy (non-hydrogen) atoms. The molecular weight excluding hydrogens is 280 g/mol. The van der Waals surface area contributed by atoms with Gasteiger partial charge in [0.1, 0.15) is 10.6 Å². The van der Waals surface area contributed by atoms with Crippen LogP contribution in [0.5, 0.6) is 0 Å². The molecule has 0 unspecified atom stereocenters. The minimum Gasteiger partial charge on any atom is -0.368 e. The smallest absolute Gasteiger partial charge is 0.125 e. The molecule has 1 aliphatic rings. The molecule has 0 aliphatic heterocycles. The maximum absolute atomic E-state index is 6.27. The standard InChI is InChI=1S/C17H30N2OS/c1-6-13-14(12-18-5)21-15(19-13)17(20-7-2)10-8-16(3,4)9-11-17/h18H,6-12H2,1-5H3. The highest BCUT2D eigenvalue weighted by Crippen LogP contribution is 2.48. The number of aromatic nitrogens is 1. The monoisotopic (exact) mass is 310 g/mol. The summed E-state index contributed by atoms with van der Waals surface area (Å²) < 4.78 is 6.27. The summed E-state index contributed by atoms with van der Waals surface area (Å²) >= 11 is 1.86. The maximum atomic E-state index is 6.27. The Morgan fingerprint density at radius 1 is 1.19 bits per heavy atom. The van der Waals surface area contributed by atoms with Crippen molar-refractivity contribution in [2.45, 2.75) is 71.9 Å². The van der Waals surface area contributed by atoms with Crippen LogP contribution in [0, 0.1) is 5.41 Å². The number of nitrogens with zero attached hydrogens (tertiary/aromatic N) is 1. The largest absolute Gasteiger partial charge is 0.368 e. The number of hydrogen-bond acceptors (Lipinski definition) is 4. The van der Waals surface area contributed by atoms with Gasteiger partial charge in [-0.3, -0.25) is 0 Å². The van der Waals surface area contributed by atoms with Crippen molar-refractivity contribution < 1.29 is 4.74 Å². The Morgan fingerprint density at radius 3 is 2.38 bits per heavy atom. The molecule has 0 spiro atoms. The van der Waals surface area contributed by atoms with Gasteiger partial charge in [0.25, 0.3) is 0 Å². The molecule has 1 saturated carbocycles. The third-order valence-corrected chi connectivity index (χ3v) is 5.96. The van der Waals surface area contributed by atoms with E-state index in [2.05, 4.69) is 33.0 Å². The number of aryl methyl sites for hydroxylation is 1. The van der Waals surface area contributed by atoms with Gasteiger partial charge in [0, 0.05) is 18.0 Å². The van der Waals surface area contributed by atoms with Crippen LogP contribution in [0.15, 0.2) is 0 Å². The lowest BCUT2D eigenvalue weighted by Gasteiger charge is -2.42. The van der Waals surface area contributed by atoms with Crippen molar-refractivity contribution in [1.29, 1.82) is 0 Å². The lowest BCUT2D eigenvalue weighted by Crippen LogP contribution is -2.37. The van der Waals surface area contributed by atoms with Gasteiger partial charge in [-0.25, -0.2) is 4.98 Å². The van der Waals surface area contributed by atoms with E-state index in [1.165, 1.54) is 28.4 Å². The molecule has 0 saturated heterocycles. The van der Waals surface area contributed by atoms with Gasteiger partial charge in [0.05, 0.1) is 5.69 Å². The van der Waals surface area contributed by atoms with Gasteiger partial charge in [-0.05, 0) is 51.5 Å². The highest BCUT2D eigenvalue weighted by molar-refractivity contribution is 7.11. The molecule has 3 nitrogen and oxygen atoms in total. The predicted octanol–water partition coefficient (Wildman–Crippen LogP) is 4.26. The zero-order valence-corrected chi connectivity index (χ0v) is 15.0. The first-order valence-corrected chi connectivity index (χ1v) is 9.05. The average Bonchev–Trinajstić information content (AvgIpc) is 2.86. The van der Waals surface area contributed by atoms with Gasteiger partial charge in [-0.2, -0.15) is 0 Å². The summed E-state index contributed by atoms with van der Waals surface area (Å²) in [6.07, 6.45) is 5.64. The molecule has 1 aromatic heterocycles. The first-order valence-electron chi connectivity index (χ1n) is 8.24. The number of ether oxygens (including phenoxy) is 1. The predicted molar refractivity (Wildman–Crippen MR) is 89.8 cm³/mol. The quantitative estimate of drug-likeness (QED) is 0.852. The Balaban J connectivity index is 2.30. The first kappa shape index (κ1) is 16.9. The van der Waals surface area contributed by atoms with E-state index in [4.69, 9.17) is 9.72 Å². The molecular formula is C17H30N2OS.